The zero-order valence-electron chi connectivity index (χ0n) is 10.4. The van der Waals surface area contributed by atoms with Crippen LogP contribution in [0.5, 0.6) is 0 Å². The minimum atomic E-state index is -1.12. The smallest absolute Gasteiger partial charge is 0.270 e. The van der Waals surface area contributed by atoms with Gasteiger partial charge in [0.15, 0.2) is 0 Å². The topological polar surface area (TPSA) is 65.7 Å². The molecule has 1 amide bonds. The third-order valence-electron chi connectivity index (χ3n) is 3.48. The fourth-order valence-electron chi connectivity index (χ4n) is 2.11. The van der Waals surface area contributed by atoms with E-state index in [4.69, 9.17) is 11.6 Å². The number of aryl methyl sites for hydroxylation is 1. The molecule has 2 rings (SSSR count). The first-order valence-electron chi connectivity index (χ1n) is 5.83. The predicted molar refractivity (Wildman–Crippen MR) is 67.6 cm³/mol. The largest absolute Gasteiger partial charge is 0.388 e. The predicted octanol–water partition coefficient (Wildman–Crippen LogP) is 0.636. The van der Waals surface area contributed by atoms with E-state index in [1.54, 1.807) is 30.8 Å². The highest BCUT2D eigenvalue weighted by molar-refractivity contribution is 6.31. The van der Waals surface area contributed by atoms with Gasteiger partial charge in [-0.3, -0.25) is 4.79 Å². The molecule has 0 aromatic carbocycles. The number of aliphatic hydroxyl groups is 2. The lowest BCUT2D eigenvalue weighted by Gasteiger charge is -2.39. The first-order valence-corrected chi connectivity index (χ1v) is 6.20. The Kier molecular flexibility index (Phi) is 3.40. The zero-order valence-corrected chi connectivity index (χ0v) is 11.2. The molecule has 2 N–H and O–H groups in total. The van der Waals surface area contributed by atoms with Crippen LogP contribution in [0.3, 0.4) is 0 Å². The number of halogens is 1. The van der Waals surface area contributed by atoms with Gasteiger partial charge in [-0.1, -0.05) is 11.6 Å². The molecule has 2 atom stereocenters. The second-order valence-corrected chi connectivity index (χ2v) is 5.47. The summed E-state index contributed by atoms with van der Waals surface area (Å²) in [6.07, 6.45) is 1.09. The fraction of sp³-hybridized carbons (Fsp3) is 0.583. The monoisotopic (exact) mass is 272 g/mol. The second kappa shape index (κ2) is 4.57. The van der Waals surface area contributed by atoms with E-state index in [1.165, 1.54) is 4.90 Å². The minimum absolute atomic E-state index is 0.134. The summed E-state index contributed by atoms with van der Waals surface area (Å²) in [5.41, 5.74) is -0.642. The summed E-state index contributed by atoms with van der Waals surface area (Å²) in [6, 6.07) is 1.60. The van der Waals surface area contributed by atoms with Crippen molar-refractivity contribution in [2.75, 3.05) is 13.1 Å². The van der Waals surface area contributed by atoms with Gasteiger partial charge in [0.1, 0.15) is 5.69 Å². The van der Waals surface area contributed by atoms with Gasteiger partial charge in [-0.15, -0.1) is 0 Å². The number of rotatable bonds is 1. The van der Waals surface area contributed by atoms with E-state index in [0.717, 1.165) is 0 Å². The van der Waals surface area contributed by atoms with Gasteiger partial charge in [-0.05, 0) is 19.4 Å². The van der Waals surface area contributed by atoms with Crippen LogP contribution in [0.25, 0.3) is 0 Å². The van der Waals surface area contributed by atoms with Gasteiger partial charge < -0.3 is 19.7 Å². The lowest BCUT2D eigenvalue weighted by atomic mass is 9.90. The molecule has 1 aliphatic rings. The number of aromatic nitrogens is 1. The maximum absolute atomic E-state index is 12.2. The Morgan fingerprint density at radius 2 is 2.28 bits per heavy atom. The van der Waals surface area contributed by atoms with Crippen molar-refractivity contribution >= 4 is 17.5 Å². The number of carbonyl (C=O) groups is 1. The Labute approximate surface area is 111 Å². The standard InChI is InChI=1S/C12H17ClN2O3/c1-12(18)3-4-15(7-10(12)16)11(17)9-5-8(13)6-14(9)2/h5-6,10,16,18H,3-4,7H2,1-2H3. The maximum Gasteiger partial charge on any atom is 0.270 e. The van der Waals surface area contributed by atoms with E-state index in [9.17, 15) is 15.0 Å². The molecule has 0 radical (unpaired) electrons. The Hall–Kier alpha value is -1.04. The van der Waals surface area contributed by atoms with Crippen LogP contribution in [0.1, 0.15) is 23.8 Å². The van der Waals surface area contributed by atoms with Crippen LogP contribution in [-0.2, 0) is 7.05 Å². The molecule has 1 fully saturated rings. The Balaban J connectivity index is 2.14. The van der Waals surface area contributed by atoms with Crippen molar-refractivity contribution in [2.24, 2.45) is 7.05 Å². The second-order valence-electron chi connectivity index (χ2n) is 5.03. The number of β-amino-alcohol motifs (C(OH)–C–C–N with tert-alkyl or cyclic N) is 1. The number of hydrogen-bond donors (Lipinski definition) is 2. The highest BCUT2D eigenvalue weighted by atomic mass is 35.5. The van der Waals surface area contributed by atoms with Crippen molar-refractivity contribution < 1.29 is 15.0 Å². The van der Waals surface area contributed by atoms with Gasteiger partial charge in [-0.2, -0.15) is 0 Å². The van der Waals surface area contributed by atoms with Crippen LogP contribution >= 0.6 is 11.6 Å². The van der Waals surface area contributed by atoms with Crippen LogP contribution in [0.2, 0.25) is 5.02 Å². The number of amides is 1. The first-order chi connectivity index (χ1) is 8.31. The molecule has 100 valence electrons. The summed E-state index contributed by atoms with van der Waals surface area (Å²) in [6.45, 7) is 2.14. The van der Waals surface area contributed by atoms with E-state index >= 15 is 0 Å². The molecule has 1 aromatic heterocycles. The zero-order chi connectivity index (χ0) is 13.5. The van der Waals surface area contributed by atoms with E-state index in [2.05, 4.69) is 0 Å². The van der Waals surface area contributed by atoms with E-state index < -0.39 is 11.7 Å². The van der Waals surface area contributed by atoms with Gasteiger partial charge in [0.05, 0.1) is 16.7 Å². The first kappa shape index (κ1) is 13.4. The lowest BCUT2D eigenvalue weighted by molar-refractivity contribution is -0.1000. The molecular weight excluding hydrogens is 256 g/mol. The molecule has 2 unspecified atom stereocenters. The van der Waals surface area contributed by atoms with Crippen LogP contribution < -0.4 is 0 Å². The number of nitrogens with zero attached hydrogens (tertiary/aromatic N) is 2. The van der Waals surface area contributed by atoms with Crippen LogP contribution in [-0.4, -0.2) is 50.4 Å². The molecule has 0 bridgehead atoms. The Bertz CT molecular complexity index is 470. The Morgan fingerprint density at radius 1 is 1.61 bits per heavy atom. The van der Waals surface area contributed by atoms with E-state index in [1.807, 2.05) is 0 Å². The van der Waals surface area contributed by atoms with Gasteiger partial charge in [0.2, 0.25) is 0 Å². The van der Waals surface area contributed by atoms with Gasteiger partial charge in [0, 0.05) is 26.3 Å². The fourth-order valence-corrected chi connectivity index (χ4v) is 2.36. The molecule has 5 nitrogen and oxygen atoms in total. The number of likely N-dealkylation sites (tertiary alicyclic amines) is 1. The van der Waals surface area contributed by atoms with Crippen LogP contribution in [0, 0.1) is 0 Å². The highest BCUT2D eigenvalue weighted by Gasteiger charge is 2.38. The van der Waals surface area contributed by atoms with Crippen molar-refractivity contribution in [3.8, 4) is 0 Å². The summed E-state index contributed by atoms with van der Waals surface area (Å²) in [5.74, 6) is -0.182. The molecule has 1 aliphatic heterocycles. The van der Waals surface area contributed by atoms with Gasteiger partial charge >= 0.3 is 0 Å². The van der Waals surface area contributed by atoms with Gasteiger partial charge in [-0.25, -0.2) is 0 Å². The van der Waals surface area contributed by atoms with Crippen molar-refractivity contribution in [3.05, 3.63) is 23.0 Å². The van der Waals surface area contributed by atoms with E-state index in [-0.39, 0.29) is 12.5 Å². The number of piperidine rings is 1. The number of aliphatic hydroxyl groups excluding tert-OH is 1. The molecule has 6 heteroatoms. The highest BCUT2D eigenvalue weighted by Crippen LogP contribution is 2.24. The Morgan fingerprint density at radius 3 is 2.78 bits per heavy atom. The summed E-state index contributed by atoms with van der Waals surface area (Å²) >= 11 is 5.84. The average molecular weight is 273 g/mol. The molecule has 2 heterocycles. The molecular formula is C12H17ClN2O3. The van der Waals surface area contributed by atoms with Crippen molar-refractivity contribution in [1.82, 2.24) is 9.47 Å². The van der Waals surface area contributed by atoms with Crippen molar-refractivity contribution in [1.29, 1.82) is 0 Å². The minimum Gasteiger partial charge on any atom is -0.388 e. The summed E-state index contributed by atoms with van der Waals surface area (Å²) in [5, 5.41) is 20.2. The third-order valence-corrected chi connectivity index (χ3v) is 3.68. The van der Waals surface area contributed by atoms with E-state index in [0.29, 0.717) is 23.7 Å². The molecule has 0 aliphatic carbocycles. The van der Waals surface area contributed by atoms with Gasteiger partial charge in [0.25, 0.3) is 5.91 Å². The summed E-state index contributed by atoms with van der Waals surface area (Å²) < 4.78 is 1.66. The molecule has 1 saturated heterocycles. The SMILES string of the molecule is Cn1cc(Cl)cc1C(=O)N1CCC(C)(O)C(O)C1. The lowest BCUT2D eigenvalue weighted by Crippen LogP contribution is -2.55. The third kappa shape index (κ3) is 2.39. The number of carbonyl (C=O) groups excluding carboxylic acids is 1. The van der Waals surface area contributed by atoms with Crippen molar-refractivity contribution in [2.45, 2.75) is 25.0 Å². The van der Waals surface area contributed by atoms with Crippen LogP contribution in [0.15, 0.2) is 12.3 Å². The normalized spacial score (nSPS) is 28.5. The quantitative estimate of drug-likeness (QED) is 0.788. The average Bonchev–Trinajstić information content (AvgIpc) is 2.61. The molecule has 0 saturated carbocycles. The maximum atomic E-state index is 12.2. The number of hydrogen-bond acceptors (Lipinski definition) is 3. The van der Waals surface area contributed by atoms with Crippen molar-refractivity contribution in [3.63, 3.8) is 0 Å². The van der Waals surface area contributed by atoms with Crippen LogP contribution in [0.4, 0.5) is 0 Å². The molecule has 1 aromatic rings. The summed E-state index contributed by atoms with van der Waals surface area (Å²) in [7, 11) is 1.75. The molecule has 18 heavy (non-hydrogen) atoms. The summed E-state index contributed by atoms with van der Waals surface area (Å²) in [4.78, 5) is 13.8. The molecule has 0 spiro atoms.